The fourth-order valence-electron chi connectivity index (χ4n) is 5.94. The van der Waals surface area contributed by atoms with Gasteiger partial charge in [0.05, 0.1) is 6.54 Å². The zero-order valence-electron chi connectivity index (χ0n) is 26.6. The Kier molecular flexibility index (Phi) is 13.8. The van der Waals surface area contributed by atoms with Crippen LogP contribution in [0.25, 0.3) is 0 Å². The van der Waals surface area contributed by atoms with E-state index in [9.17, 15) is 9.18 Å². The fraction of sp³-hybridized carbons (Fsp3) is 0.571. The quantitative estimate of drug-likeness (QED) is 0.313. The maximum atomic E-state index is 12.5. The number of nitrogens with zero attached hydrogens (tertiary/aromatic N) is 2. The predicted octanol–water partition coefficient (Wildman–Crippen LogP) is 7.55. The third-order valence-electron chi connectivity index (χ3n) is 8.10. The van der Waals surface area contributed by atoms with E-state index in [1.165, 1.54) is 37.3 Å². The largest absolute Gasteiger partial charge is 0.454 e. The minimum Gasteiger partial charge on any atom is -0.454 e. The second-order valence-electron chi connectivity index (χ2n) is 12.0. The highest BCUT2D eigenvalue weighted by Gasteiger charge is 2.34. The van der Waals surface area contributed by atoms with Gasteiger partial charge >= 0.3 is 0 Å². The zero-order chi connectivity index (χ0) is 30.5. The molecule has 7 heteroatoms. The number of carbonyl (C=O) groups is 1. The first kappa shape index (κ1) is 33.6. The van der Waals surface area contributed by atoms with Crippen molar-refractivity contribution in [2.24, 2.45) is 5.92 Å². The van der Waals surface area contributed by atoms with Crippen LogP contribution in [0.3, 0.4) is 0 Å². The molecule has 2 aromatic rings. The van der Waals surface area contributed by atoms with Gasteiger partial charge in [0.2, 0.25) is 6.79 Å². The molecule has 1 N–H and O–H groups in total. The molecule has 6 nitrogen and oxygen atoms in total. The maximum absolute atomic E-state index is 12.5. The van der Waals surface area contributed by atoms with E-state index in [2.05, 4.69) is 60.5 Å². The van der Waals surface area contributed by atoms with Gasteiger partial charge in [-0.05, 0) is 74.8 Å². The summed E-state index contributed by atoms with van der Waals surface area (Å²) in [5.41, 5.74) is 6.41. The Morgan fingerprint density at radius 2 is 1.81 bits per heavy atom. The molecular formula is C35H52FN3O3. The van der Waals surface area contributed by atoms with Gasteiger partial charge in [-0.1, -0.05) is 76.3 Å². The van der Waals surface area contributed by atoms with Crippen LogP contribution >= 0.6 is 0 Å². The Morgan fingerprint density at radius 3 is 2.43 bits per heavy atom. The van der Waals surface area contributed by atoms with Crippen molar-refractivity contribution in [1.82, 2.24) is 15.3 Å². The lowest BCUT2D eigenvalue weighted by atomic mass is 9.95. The molecule has 0 bridgehead atoms. The van der Waals surface area contributed by atoms with Crippen molar-refractivity contribution in [3.05, 3.63) is 71.2 Å². The second-order valence-corrected chi connectivity index (χ2v) is 12.0. The Balaban J connectivity index is 0.000000234. The summed E-state index contributed by atoms with van der Waals surface area (Å²) in [5.74, 6) is 3.17. The topological polar surface area (TPSA) is 54.0 Å². The van der Waals surface area contributed by atoms with E-state index < -0.39 is 0 Å². The number of nitrogens with one attached hydrogen (secondary N) is 1. The number of benzene rings is 2. The van der Waals surface area contributed by atoms with Crippen LogP contribution in [0.15, 0.2) is 48.7 Å². The van der Waals surface area contributed by atoms with E-state index in [1.807, 2.05) is 19.1 Å². The summed E-state index contributed by atoms with van der Waals surface area (Å²) in [6.07, 6.45) is 11.9. The van der Waals surface area contributed by atoms with Gasteiger partial charge in [0, 0.05) is 31.9 Å². The van der Waals surface area contributed by atoms with Crippen LogP contribution in [0.1, 0.15) is 88.8 Å². The van der Waals surface area contributed by atoms with Gasteiger partial charge in [0.15, 0.2) is 11.5 Å². The molecular weight excluding hydrogens is 529 g/mol. The van der Waals surface area contributed by atoms with E-state index in [4.69, 9.17) is 9.47 Å². The van der Waals surface area contributed by atoms with Crippen LogP contribution in [0, 0.1) is 25.6 Å². The minimum atomic E-state index is -0.124. The van der Waals surface area contributed by atoms with E-state index in [0.29, 0.717) is 25.3 Å². The number of Topliss-reactive ketones (excluding diaryl/α,β-unsaturated/α-hetero) is 1. The molecule has 3 aliphatic rings. The number of hydrazine groups is 1. The molecule has 0 aliphatic carbocycles. The monoisotopic (exact) mass is 581 g/mol. The molecule has 232 valence electrons. The number of hydrogen-bond acceptors (Lipinski definition) is 6. The molecule has 1 fully saturated rings. The number of carbonyl (C=O) groups excluding carboxylic acids is 1. The summed E-state index contributed by atoms with van der Waals surface area (Å²) in [7, 11) is 0. The summed E-state index contributed by atoms with van der Waals surface area (Å²) in [5, 5.41) is 2.14. The molecule has 0 spiro atoms. The smallest absolute Gasteiger partial charge is 0.231 e. The summed E-state index contributed by atoms with van der Waals surface area (Å²) >= 11 is 0. The lowest BCUT2D eigenvalue weighted by Crippen LogP contribution is -2.37. The van der Waals surface area contributed by atoms with Gasteiger partial charge in [-0.3, -0.25) is 9.69 Å². The zero-order valence-corrected chi connectivity index (χ0v) is 26.6. The number of ether oxygens (including phenoxy) is 2. The Morgan fingerprint density at radius 1 is 1.07 bits per heavy atom. The highest BCUT2D eigenvalue weighted by molar-refractivity contribution is 5.77. The molecule has 2 atom stereocenters. The second kappa shape index (κ2) is 17.3. The van der Waals surface area contributed by atoms with E-state index >= 15 is 0 Å². The van der Waals surface area contributed by atoms with Crippen LogP contribution in [0.2, 0.25) is 0 Å². The number of hydrogen-bond donors (Lipinski definition) is 1. The number of ketones is 1. The normalized spacial score (nSPS) is 19.0. The molecule has 0 aromatic heterocycles. The Hall–Kier alpha value is -2.90. The molecule has 1 saturated heterocycles. The van der Waals surface area contributed by atoms with Crippen molar-refractivity contribution in [2.45, 2.75) is 92.0 Å². The van der Waals surface area contributed by atoms with Crippen molar-refractivity contribution in [3.63, 3.8) is 0 Å². The molecule has 2 unspecified atom stereocenters. The van der Waals surface area contributed by atoms with Gasteiger partial charge in [-0.15, -0.1) is 0 Å². The van der Waals surface area contributed by atoms with Crippen LogP contribution < -0.4 is 14.9 Å². The molecule has 0 radical (unpaired) electrons. The van der Waals surface area contributed by atoms with Crippen molar-refractivity contribution in [2.75, 3.05) is 33.0 Å². The summed E-state index contributed by atoms with van der Waals surface area (Å²) in [4.78, 5) is 14.0. The van der Waals surface area contributed by atoms with E-state index in [-0.39, 0.29) is 11.6 Å². The third-order valence-corrected chi connectivity index (χ3v) is 8.10. The SMILES string of the molecule is CC(=O)CN1CC(c2ccc3c(c2)OCO3)CC1CCN1C=CCN1.CCCC(C)CCC.Cc1ccc(F)c(C)c1. The van der Waals surface area contributed by atoms with Gasteiger partial charge in [0.25, 0.3) is 0 Å². The van der Waals surface area contributed by atoms with Crippen molar-refractivity contribution >= 4 is 5.78 Å². The van der Waals surface area contributed by atoms with Crippen LogP contribution in [0.5, 0.6) is 11.5 Å². The van der Waals surface area contributed by atoms with E-state index in [0.717, 1.165) is 61.0 Å². The molecule has 42 heavy (non-hydrogen) atoms. The number of halogens is 1. The molecule has 3 aliphatic heterocycles. The van der Waals surface area contributed by atoms with E-state index in [1.54, 1.807) is 19.9 Å². The molecule has 0 amide bonds. The van der Waals surface area contributed by atoms with Crippen LogP contribution in [0.4, 0.5) is 4.39 Å². The molecule has 0 saturated carbocycles. The van der Waals surface area contributed by atoms with Gasteiger partial charge in [-0.25, -0.2) is 9.82 Å². The van der Waals surface area contributed by atoms with Crippen molar-refractivity contribution in [1.29, 1.82) is 0 Å². The standard InChI is InChI=1S/C19H25N3O3.C8H9F.C8H18/c1-14(23)11-21-12-16(9-17(21)5-8-22-7-2-6-20-22)15-3-4-18-19(10-15)25-13-24-18;1-6-3-4-8(9)7(2)5-6;1-4-6-8(3)7-5-2/h2-4,7,10,16-17,20H,5-6,8-9,11-13H2,1H3;3-5H,1-2H3;8H,4-7H2,1-3H3. The summed E-state index contributed by atoms with van der Waals surface area (Å²) in [6.45, 7) is 15.9. The lowest BCUT2D eigenvalue weighted by molar-refractivity contribution is -0.118. The molecule has 5 rings (SSSR count). The van der Waals surface area contributed by atoms with Crippen molar-refractivity contribution < 1.29 is 18.7 Å². The highest BCUT2D eigenvalue weighted by atomic mass is 19.1. The summed E-state index contributed by atoms with van der Waals surface area (Å²) < 4.78 is 23.4. The first-order valence-electron chi connectivity index (χ1n) is 15.7. The average Bonchev–Trinajstić information content (AvgIpc) is 3.72. The number of fused-ring (bicyclic) bond motifs is 1. The van der Waals surface area contributed by atoms with Crippen LogP contribution in [-0.2, 0) is 4.79 Å². The number of likely N-dealkylation sites (tertiary alicyclic amines) is 1. The van der Waals surface area contributed by atoms with Gasteiger partial charge in [-0.2, -0.15) is 0 Å². The fourth-order valence-corrected chi connectivity index (χ4v) is 5.94. The minimum absolute atomic E-state index is 0.124. The lowest BCUT2D eigenvalue weighted by Gasteiger charge is -2.25. The molecule has 2 aromatic carbocycles. The Labute approximate surface area is 253 Å². The number of rotatable bonds is 10. The first-order valence-corrected chi connectivity index (χ1v) is 15.7. The summed E-state index contributed by atoms with van der Waals surface area (Å²) in [6, 6.07) is 11.8. The average molecular weight is 582 g/mol. The first-order chi connectivity index (χ1) is 20.2. The maximum Gasteiger partial charge on any atom is 0.231 e. The van der Waals surface area contributed by atoms with Crippen molar-refractivity contribution in [3.8, 4) is 11.5 Å². The van der Waals surface area contributed by atoms with Gasteiger partial charge in [0.1, 0.15) is 11.6 Å². The third kappa shape index (κ3) is 10.7. The van der Waals surface area contributed by atoms with Crippen LogP contribution in [-0.4, -0.2) is 54.7 Å². The Bertz CT molecular complexity index is 1150. The molecule has 3 heterocycles. The number of aryl methyl sites for hydroxylation is 2. The predicted molar refractivity (Wildman–Crippen MR) is 169 cm³/mol. The van der Waals surface area contributed by atoms with Gasteiger partial charge < -0.3 is 14.5 Å². The highest BCUT2D eigenvalue weighted by Crippen LogP contribution is 2.39.